The molecule has 3 nitrogen and oxygen atoms in total. The Bertz CT molecular complexity index is 295. The number of hydrogen-bond donors (Lipinski definition) is 0. The van der Waals surface area contributed by atoms with Gasteiger partial charge in [-0.15, -0.1) is 0 Å². The van der Waals surface area contributed by atoms with Crippen LogP contribution in [0.25, 0.3) is 0 Å². The molecule has 2 heterocycles. The van der Waals surface area contributed by atoms with Gasteiger partial charge >= 0.3 is 0 Å². The first kappa shape index (κ1) is 9.71. The van der Waals surface area contributed by atoms with Gasteiger partial charge in [0.1, 0.15) is 5.76 Å². The van der Waals surface area contributed by atoms with Crippen LogP contribution in [0.15, 0.2) is 10.6 Å². The van der Waals surface area contributed by atoms with Crippen LogP contribution >= 0.6 is 0 Å². The number of aromatic nitrogens is 1. The topological polar surface area (TPSA) is 29.3 Å². The Balaban J connectivity index is 1.82. The summed E-state index contributed by atoms with van der Waals surface area (Å²) in [7, 11) is 2.21. The molecule has 1 aromatic heterocycles. The largest absolute Gasteiger partial charge is 0.361 e. The van der Waals surface area contributed by atoms with Gasteiger partial charge in [0.25, 0.3) is 0 Å². The minimum Gasteiger partial charge on any atom is -0.361 e. The summed E-state index contributed by atoms with van der Waals surface area (Å²) in [5, 5.41) is 4.01. The van der Waals surface area contributed by atoms with E-state index < -0.39 is 0 Å². The number of nitrogens with zero attached hydrogens (tertiary/aromatic N) is 2. The van der Waals surface area contributed by atoms with Crippen LogP contribution in [-0.4, -0.2) is 29.7 Å². The van der Waals surface area contributed by atoms with Gasteiger partial charge in [0.05, 0.1) is 5.69 Å². The van der Waals surface area contributed by atoms with Crippen molar-refractivity contribution in [2.45, 2.75) is 38.6 Å². The number of aryl methyl sites for hydroxylation is 2. The molecule has 0 amide bonds. The summed E-state index contributed by atoms with van der Waals surface area (Å²) in [5.74, 6) is 0.916. The van der Waals surface area contributed by atoms with Crippen LogP contribution in [0.2, 0.25) is 0 Å². The highest BCUT2D eigenvalue weighted by molar-refractivity contribution is 5.03. The molecule has 78 valence electrons. The van der Waals surface area contributed by atoms with Crippen molar-refractivity contribution in [3.8, 4) is 0 Å². The zero-order chi connectivity index (χ0) is 9.97. The summed E-state index contributed by atoms with van der Waals surface area (Å²) in [4.78, 5) is 2.45. The van der Waals surface area contributed by atoms with Gasteiger partial charge in [-0.05, 0) is 46.2 Å². The first-order valence-corrected chi connectivity index (χ1v) is 5.38. The van der Waals surface area contributed by atoms with Crippen molar-refractivity contribution in [2.75, 3.05) is 13.6 Å². The Kier molecular flexibility index (Phi) is 2.87. The molecule has 2 rings (SSSR count). The van der Waals surface area contributed by atoms with Crippen molar-refractivity contribution >= 4 is 0 Å². The molecule has 1 saturated heterocycles. The monoisotopic (exact) mass is 194 g/mol. The van der Waals surface area contributed by atoms with Crippen LogP contribution in [0.4, 0.5) is 0 Å². The second-order valence-electron chi connectivity index (χ2n) is 4.24. The van der Waals surface area contributed by atoms with Crippen molar-refractivity contribution in [3.63, 3.8) is 0 Å². The maximum Gasteiger partial charge on any atom is 0.133 e. The Labute approximate surface area is 85.1 Å². The average Bonchev–Trinajstić information content (AvgIpc) is 2.72. The Morgan fingerprint density at radius 1 is 1.64 bits per heavy atom. The van der Waals surface area contributed by atoms with Crippen LogP contribution < -0.4 is 0 Å². The van der Waals surface area contributed by atoms with Crippen LogP contribution in [0.5, 0.6) is 0 Å². The van der Waals surface area contributed by atoms with Crippen LogP contribution in [0.1, 0.15) is 30.7 Å². The average molecular weight is 194 g/mol. The predicted octanol–water partition coefficient (Wildman–Crippen LogP) is 2.01. The molecule has 0 radical (unpaired) electrons. The molecule has 0 saturated carbocycles. The molecule has 1 aromatic rings. The highest BCUT2D eigenvalue weighted by atomic mass is 16.5. The van der Waals surface area contributed by atoms with Crippen molar-refractivity contribution < 1.29 is 4.52 Å². The maximum atomic E-state index is 5.04. The molecule has 1 unspecified atom stereocenters. The van der Waals surface area contributed by atoms with Gasteiger partial charge in [0, 0.05) is 12.1 Å². The van der Waals surface area contributed by atoms with Gasteiger partial charge in [0.2, 0.25) is 0 Å². The summed E-state index contributed by atoms with van der Waals surface area (Å²) >= 11 is 0. The first-order valence-electron chi connectivity index (χ1n) is 5.38. The molecular formula is C11H18N2O. The molecule has 3 heteroatoms. The molecule has 0 N–H and O–H groups in total. The van der Waals surface area contributed by atoms with Crippen LogP contribution in [0, 0.1) is 6.92 Å². The highest BCUT2D eigenvalue weighted by Crippen LogP contribution is 2.19. The molecule has 0 bridgehead atoms. The van der Waals surface area contributed by atoms with Crippen molar-refractivity contribution in [2.24, 2.45) is 0 Å². The normalized spacial score (nSPS) is 23.1. The van der Waals surface area contributed by atoms with E-state index in [1.54, 1.807) is 0 Å². The zero-order valence-electron chi connectivity index (χ0n) is 8.99. The van der Waals surface area contributed by atoms with Crippen LogP contribution in [0.3, 0.4) is 0 Å². The van der Waals surface area contributed by atoms with Gasteiger partial charge in [-0.3, -0.25) is 0 Å². The zero-order valence-corrected chi connectivity index (χ0v) is 8.99. The van der Waals surface area contributed by atoms with E-state index in [1.165, 1.54) is 25.8 Å². The quantitative estimate of drug-likeness (QED) is 0.737. The second-order valence-corrected chi connectivity index (χ2v) is 4.24. The Morgan fingerprint density at radius 2 is 2.50 bits per heavy atom. The third-order valence-electron chi connectivity index (χ3n) is 3.08. The van der Waals surface area contributed by atoms with Gasteiger partial charge < -0.3 is 9.42 Å². The minimum atomic E-state index is 0.756. The molecule has 0 spiro atoms. The fourth-order valence-corrected chi connectivity index (χ4v) is 2.19. The van der Waals surface area contributed by atoms with Crippen molar-refractivity contribution in [3.05, 3.63) is 17.5 Å². The summed E-state index contributed by atoms with van der Waals surface area (Å²) in [6.07, 6.45) is 4.95. The predicted molar refractivity (Wildman–Crippen MR) is 55.2 cm³/mol. The second kappa shape index (κ2) is 4.13. The van der Waals surface area contributed by atoms with Crippen molar-refractivity contribution in [1.82, 2.24) is 10.1 Å². The number of rotatable bonds is 3. The summed E-state index contributed by atoms with van der Waals surface area (Å²) in [5.41, 5.74) is 1.10. The van der Waals surface area contributed by atoms with E-state index in [4.69, 9.17) is 4.52 Å². The standard InChI is InChI=1S/C11H18N2O/c1-9-8-10(12-14-9)5-6-11-4-3-7-13(11)2/h8,11H,3-7H2,1-2H3. The van der Waals surface area contributed by atoms with E-state index in [2.05, 4.69) is 17.1 Å². The molecule has 1 fully saturated rings. The van der Waals surface area contributed by atoms with Gasteiger partial charge in [-0.25, -0.2) is 0 Å². The van der Waals surface area contributed by atoms with E-state index in [-0.39, 0.29) is 0 Å². The smallest absolute Gasteiger partial charge is 0.133 e. The number of likely N-dealkylation sites (tertiary alicyclic amines) is 1. The fourth-order valence-electron chi connectivity index (χ4n) is 2.19. The van der Waals surface area contributed by atoms with E-state index in [0.717, 1.165) is 23.9 Å². The van der Waals surface area contributed by atoms with E-state index in [0.29, 0.717) is 0 Å². The van der Waals surface area contributed by atoms with Crippen molar-refractivity contribution in [1.29, 1.82) is 0 Å². The molecule has 14 heavy (non-hydrogen) atoms. The lowest BCUT2D eigenvalue weighted by molar-refractivity contribution is 0.294. The lowest BCUT2D eigenvalue weighted by atomic mass is 10.1. The molecule has 0 aromatic carbocycles. The highest BCUT2D eigenvalue weighted by Gasteiger charge is 2.20. The Morgan fingerprint density at radius 3 is 3.07 bits per heavy atom. The first-order chi connectivity index (χ1) is 6.75. The van der Waals surface area contributed by atoms with Gasteiger partial charge in [-0.2, -0.15) is 0 Å². The summed E-state index contributed by atoms with van der Waals surface area (Å²) in [6, 6.07) is 2.79. The lowest BCUT2D eigenvalue weighted by Gasteiger charge is -2.18. The van der Waals surface area contributed by atoms with Gasteiger partial charge in [0.15, 0.2) is 0 Å². The third kappa shape index (κ3) is 2.15. The molecule has 1 atom stereocenters. The van der Waals surface area contributed by atoms with E-state index >= 15 is 0 Å². The maximum absolute atomic E-state index is 5.04. The Hall–Kier alpha value is -0.830. The third-order valence-corrected chi connectivity index (χ3v) is 3.08. The van der Waals surface area contributed by atoms with Gasteiger partial charge in [-0.1, -0.05) is 5.16 Å². The SMILES string of the molecule is Cc1cc(CCC2CCCN2C)no1. The molecule has 1 aliphatic rings. The summed E-state index contributed by atoms with van der Waals surface area (Å²) in [6.45, 7) is 3.20. The fraction of sp³-hybridized carbons (Fsp3) is 0.727. The van der Waals surface area contributed by atoms with Crippen LogP contribution in [-0.2, 0) is 6.42 Å². The van der Waals surface area contributed by atoms with E-state index in [1.807, 2.05) is 13.0 Å². The minimum absolute atomic E-state index is 0.756. The molecule has 0 aliphatic carbocycles. The van der Waals surface area contributed by atoms with E-state index in [9.17, 15) is 0 Å². The molecule has 1 aliphatic heterocycles. The summed E-state index contributed by atoms with van der Waals surface area (Å²) < 4.78 is 5.04. The molecular weight excluding hydrogens is 176 g/mol. The number of hydrogen-bond acceptors (Lipinski definition) is 3. The lowest BCUT2D eigenvalue weighted by Crippen LogP contribution is -2.25.